The lowest BCUT2D eigenvalue weighted by Gasteiger charge is -2.08. The zero-order valence-electron chi connectivity index (χ0n) is 14.1. The number of hydrogen-bond donors (Lipinski definition) is 1. The molecule has 0 aromatic heterocycles. The first-order valence-electron chi connectivity index (χ1n) is 7.92. The number of esters is 1. The summed E-state index contributed by atoms with van der Waals surface area (Å²) in [5, 5.41) is 3.42. The van der Waals surface area contributed by atoms with Crippen molar-refractivity contribution in [3.05, 3.63) is 63.6 Å². The van der Waals surface area contributed by atoms with Crippen LogP contribution >= 0.6 is 23.2 Å². The van der Waals surface area contributed by atoms with Crippen molar-refractivity contribution in [2.45, 2.75) is 19.8 Å². The normalized spacial score (nSPS) is 10.3. The van der Waals surface area contributed by atoms with Gasteiger partial charge in [-0.2, -0.15) is 0 Å². The molecule has 0 fully saturated rings. The summed E-state index contributed by atoms with van der Waals surface area (Å²) in [4.78, 5) is 35.4. The zero-order chi connectivity index (χ0) is 19.1. The van der Waals surface area contributed by atoms with Crippen LogP contribution in [0.2, 0.25) is 10.0 Å². The van der Waals surface area contributed by atoms with Crippen molar-refractivity contribution in [2.75, 3.05) is 11.9 Å². The van der Waals surface area contributed by atoms with Crippen molar-refractivity contribution in [3.63, 3.8) is 0 Å². The molecule has 26 heavy (non-hydrogen) atoms. The number of ketones is 1. The second kappa shape index (κ2) is 9.36. The summed E-state index contributed by atoms with van der Waals surface area (Å²) < 4.78 is 5.01. The van der Waals surface area contributed by atoms with Crippen molar-refractivity contribution >= 4 is 46.5 Å². The maximum Gasteiger partial charge on any atom is 0.310 e. The minimum Gasteiger partial charge on any atom is -0.457 e. The lowest BCUT2D eigenvalue weighted by atomic mass is 10.1. The molecule has 2 aromatic rings. The first-order valence-corrected chi connectivity index (χ1v) is 8.68. The Labute approximate surface area is 161 Å². The van der Waals surface area contributed by atoms with Gasteiger partial charge in [0.2, 0.25) is 5.91 Å². The third-order valence-electron chi connectivity index (χ3n) is 3.56. The highest BCUT2D eigenvalue weighted by Gasteiger charge is 2.14. The Bertz CT molecular complexity index is 799. The molecule has 1 N–H and O–H groups in total. The van der Waals surface area contributed by atoms with Gasteiger partial charge in [0.15, 0.2) is 12.4 Å². The molecule has 0 aliphatic rings. The van der Waals surface area contributed by atoms with Crippen molar-refractivity contribution in [1.29, 1.82) is 0 Å². The molecule has 136 valence electrons. The minimum atomic E-state index is -0.597. The molecular formula is C19H17Cl2NO4. The lowest BCUT2D eigenvalue weighted by Crippen LogP contribution is -2.16. The number of amides is 1. The van der Waals surface area contributed by atoms with Crippen molar-refractivity contribution in [1.82, 2.24) is 0 Å². The third-order valence-corrected chi connectivity index (χ3v) is 4.27. The summed E-state index contributed by atoms with van der Waals surface area (Å²) in [5.74, 6) is -1.06. The average Bonchev–Trinajstić information content (AvgIpc) is 2.63. The van der Waals surface area contributed by atoms with Crippen molar-refractivity contribution in [2.24, 2.45) is 0 Å². The van der Waals surface area contributed by atoms with Crippen LogP contribution in [0.4, 0.5) is 5.69 Å². The molecule has 0 radical (unpaired) electrons. The van der Waals surface area contributed by atoms with Crippen LogP contribution in [0.3, 0.4) is 0 Å². The monoisotopic (exact) mass is 393 g/mol. The highest BCUT2D eigenvalue weighted by atomic mass is 35.5. The first kappa shape index (κ1) is 19.9. The summed E-state index contributed by atoms with van der Waals surface area (Å²) in [6, 6.07) is 11.3. The molecule has 0 bridgehead atoms. The van der Waals surface area contributed by atoms with Gasteiger partial charge in [-0.05, 0) is 36.4 Å². The summed E-state index contributed by atoms with van der Waals surface area (Å²) in [6.45, 7) is 1.36. The molecule has 0 heterocycles. The number of halogens is 2. The maximum absolute atomic E-state index is 12.1. The first-order chi connectivity index (χ1) is 12.4. The predicted octanol–water partition coefficient (Wildman–Crippen LogP) is 4.31. The highest BCUT2D eigenvalue weighted by Crippen LogP contribution is 2.24. The fourth-order valence-electron chi connectivity index (χ4n) is 2.11. The summed E-state index contributed by atoms with van der Waals surface area (Å²) in [5.41, 5.74) is 1.44. The Balaban J connectivity index is 1.89. The Hall–Kier alpha value is -2.37. The molecule has 7 heteroatoms. The van der Waals surface area contributed by atoms with Crippen LogP contribution in [0.15, 0.2) is 42.5 Å². The number of hydrogen-bond acceptors (Lipinski definition) is 4. The number of ether oxygens (including phenoxy) is 1. The number of anilines is 1. The Kier molecular flexibility index (Phi) is 7.18. The molecule has 0 saturated carbocycles. The minimum absolute atomic E-state index is 0.115. The smallest absolute Gasteiger partial charge is 0.310 e. The number of Topliss-reactive ketones (excluding diaryl/α,β-unsaturated/α-hetero) is 1. The van der Waals surface area contributed by atoms with Gasteiger partial charge in [0.05, 0.1) is 6.42 Å². The molecule has 0 saturated heterocycles. The van der Waals surface area contributed by atoms with E-state index in [0.29, 0.717) is 33.3 Å². The Morgan fingerprint density at radius 3 is 2.19 bits per heavy atom. The largest absolute Gasteiger partial charge is 0.457 e. The predicted molar refractivity (Wildman–Crippen MR) is 101 cm³/mol. The highest BCUT2D eigenvalue weighted by molar-refractivity contribution is 6.36. The Morgan fingerprint density at radius 1 is 1.00 bits per heavy atom. The van der Waals surface area contributed by atoms with Crippen LogP contribution in [0.25, 0.3) is 0 Å². The van der Waals surface area contributed by atoms with Crippen molar-refractivity contribution < 1.29 is 19.1 Å². The van der Waals surface area contributed by atoms with Gasteiger partial charge < -0.3 is 10.1 Å². The van der Waals surface area contributed by atoms with E-state index >= 15 is 0 Å². The van der Waals surface area contributed by atoms with E-state index in [9.17, 15) is 14.4 Å². The number of carbonyl (C=O) groups excluding carboxylic acids is 3. The van der Waals surface area contributed by atoms with Crippen LogP contribution in [-0.4, -0.2) is 24.3 Å². The van der Waals surface area contributed by atoms with Gasteiger partial charge in [-0.15, -0.1) is 0 Å². The molecule has 1 amide bonds. The number of benzene rings is 2. The van der Waals surface area contributed by atoms with Gasteiger partial charge in [-0.1, -0.05) is 36.2 Å². The van der Waals surface area contributed by atoms with Gasteiger partial charge in [0.25, 0.3) is 0 Å². The number of rotatable bonds is 7. The van der Waals surface area contributed by atoms with E-state index in [-0.39, 0.29) is 24.7 Å². The van der Waals surface area contributed by atoms with Gasteiger partial charge in [-0.25, -0.2) is 0 Å². The standard InChI is InChI=1S/C19H17Cl2NO4/c1-2-18(24)22-13-8-6-12(7-9-13)17(23)11-26-19(25)10-14-15(20)4-3-5-16(14)21/h3-9H,2,10-11H2,1H3,(H,22,24). The third kappa shape index (κ3) is 5.58. The van der Waals surface area contributed by atoms with Gasteiger partial charge in [0, 0.05) is 33.3 Å². The second-order valence-corrected chi connectivity index (χ2v) is 6.25. The van der Waals surface area contributed by atoms with E-state index < -0.39 is 5.97 Å². The van der Waals surface area contributed by atoms with E-state index in [1.54, 1.807) is 49.4 Å². The summed E-state index contributed by atoms with van der Waals surface area (Å²) in [6.07, 6.45) is 0.250. The summed E-state index contributed by atoms with van der Waals surface area (Å²) in [7, 11) is 0. The van der Waals surface area contributed by atoms with E-state index in [1.165, 1.54) is 0 Å². The zero-order valence-corrected chi connectivity index (χ0v) is 15.6. The van der Waals surface area contributed by atoms with E-state index in [2.05, 4.69) is 5.32 Å². The fourth-order valence-corrected chi connectivity index (χ4v) is 2.65. The molecule has 0 aliphatic carbocycles. The number of nitrogens with one attached hydrogen (secondary N) is 1. The molecule has 2 aromatic carbocycles. The summed E-state index contributed by atoms with van der Waals surface area (Å²) >= 11 is 12.0. The molecule has 0 aliphatic heterocycles. The molecule has 0 atom stereocenters. The number of carbonyl (C=O) groups is 3. The lowest BCUT2D eigenvalue weighted by molar-refractivity contribution is -0.141. The average molecular weight is 394 g/mol. The van der Waals surface area contributed by atoms with Crippen LogP contribution < -0.4 is 5.32 Å². The molecular weight excluding hydrogens is 377 g/mol. The van der Waals surface area contributed by atoms with Crippen LogP contribution in [0.1, 0.15) is 29.3 Å². The van der Waals surface area contributed by atoms with Crippen LogP contribution in [0.5, 0.6) is 0 Å². The van der Waals surface area contributed by atoms with Crippen LogP contribution in [0, 0.1) is 0 Å². The van der Waals surface area contributed by atoms with Gasteiger partial charge >= 0.3 is 5.97 Å². The van der Waals surface area contributed by atoms with Crippen molar-refractivity contribution in [3.8, 4) is 0 Å². The second-order valence-electron chi connectivity index (χ2n) is 5.44. The van der Waals surface area contributed by atoms with E-state index in [4.69, 9.17) is 27.9 Å². The van der Waals surface area contributed by atoms with Crippen LogP contribution in [-0.2, 0) is 20.7 Å². The van der Waals surface area contributed by atoms with Gasteiger partial charge in [0.1, 0.15) is 0 Å². The van der Waals surface area contributed by atoms with E-state index in [0.717, 1.165) is 0 Å². The maximum atomic E-state index is 12.1. The quantitative estimate of drug-likeness (QED) is 0.561. The molecule has 0 unspecified atom stereocenters. The van der Waals surface area contributed by atoms with Gasteiger partial charge in [-0.3, -0.25) is 14.4 Å². The fraction of sp³-hybridized carbons (Fsp3) is 0.211. The molecule has 5 nitrogen and oxygen atoms in total. The topological polar surface area (TPSA) is 72.5 Å². The van der Waals surface area contributed by atoms with E-state index in [1.807, 2.05) is 0 Å². The Morgan fingerprint density at radius 2 is 1.62 bits per heavy atom. The molecule has 0 spiro atoms. The SMILES string of the molecule is CCC(=O)Nc1ccc(C(=O)COC(=O)Cc2c(Cl)cccc2Cl)cc1. The molecule has 2 rings (SSSR count).